The molecule has 0 aromatic heterocycles. The first-order chi connectivity index (χ1) is 9.79. The molecule has 1 rings (SSSR count). The molecule has 0 saturated carbocycles. The van der Waals surface area contributed by atoms with Crippen LogP contribution in [0.25, 0.3) is 0 Å². The van der Waals surface area contributed by atoms with Crippen LogP contribution in [-0.2, 0) is 10.9 Å². The van der Waals surface area contributed by atoms with E-state index < -0.39 is 36.4 Å². The van der Waals surface area contributed by atoms with Crippen molar-refractivity contribution in [2.45, 2.75) is 18.1 Å². The van der Waals surface area contributed by atoms with Crippen LogP contribution in [0, 0.1) is 0 Å². The molecule has 0 unspecified atom stereocenters. The lowest BCUT2D eigenvalue weighted by Crippen LogP contribution is -2.42. The fraction of sp³-hybridized carbons (Fsp3) is 0.462. The maximum Gasteiger partial charge on any atom is 0.416 e. The Morgan fingerprint density at radius 1 is 1.33 bits per heavy atom. The Bertz CT molecular complexity index is 461. The van der Waals surface area contributed by atoms with Crippen LogP contribution < -0.4 is 5.32 Å². The largest absolute Gasteiger partial charge is 0.465 e. The van der Waals surface area contributed by atoms with Gasteiger partial charge in [-0.1, -0.05) is 12.1 Å². The molecule has 118 valence electrons. The summed E-state index contributed by atoms with van der Waals surface area (Å²) in [4.78, 5) is 10.7. The summed E-state index contributed by atoms with van der Waals surface area (Å²) in [5, 5.41) is 20.1. The molecule has 2 atom stereocenters. The van der Waals surface area contributed by atoms with Gasteiger partial charge < -0.3 is 20.3 Å². The summed E-state index contributed by atoms with van der Waals surface area (Å²) >= 11 is 0. The zero-order valence-electron chi connectivity index (χ0n) is 11.2. The summed E-state index contributed by atoms with van der Waals surface area (Å²) in [6.07, 6.45) is -5.77. The number of hydrogen-bond acceptors (Lipinski definition) is 3. The summed E-state index contributed by atoms with van der Waals surface area (Å²) in [6.45, 7) is -0.446. The number of nitrogens with one attached hydrogen (secondary N) is 1. The van der Waals surface area contributed by atoms with Crippen molar-refractivity contribution < 1.29 is 32.9 Å². The lowest BCUT2D eigenvalue weighted by molar-refractivity contribution is -0.137. The number of hydrogen-bond donors (Lipinski definition) is 3. The Kier molecular flexibility index (Phi) is 5.98. The fourth-order valence-electron chi connectivity index (χ4n) is 1.98. The van der Waals surface area contributed by atoms with Crippen LogP contribution in [0.2, 0.25) is 0 Å². The van der Waals surface area contributed by atoms with Crippen molar-refractivity contribution in [1.82, 2.24) is 5.32 Å². The van der Waals surface area contributed by atoms with E-state index in [1.807, 2.05) is 0 Å². The van der Waals surface area contributed by atoms with Crippen molar-refractivity contribution in [2.75, 3.05) is 20.3 Å². The summed E-state index contributed by atoms with van der Waals surface area (Å²) < 4.78 is 42.5. The Morgan fingerprint density at radius 2 is 1.90 bits per heavy atom. The van der Waals surface area contributed by atoms with Crippen molar-refractivity contribution in [1.29, 1.82) is 0 Å². The second kappa shape index (κ2) is 7.28. The van der Waals surface area contributed by atoms with E-state index in [-0.39, 0.29) is 6.61 Å². The summed E-state index contributed by atoms with van der Waals surface area (Å²) in [5.74, 6) is -0.599. The van der Waals surface area contributed by atoms with Crippen LogP contribution in [0.5, 0.6) is 0 Å². The molecule has 3 N–H and O–H groups in total. The highest BCUT2D eigenvalue weighted by Gasteiger charge is 2.31. The number of carboxylic acid groups (broad SMARTS) is 1. The van der Waals surface area contributed by atoms with E-state index in [9.17, 15) is 23.1 Å². The van der Waals surface area contributed by atoms with Crippen LogP contribution in [0.1, 0.15) is 17.0 Å². The Morgan fingerprint density at radius 3 is 2.29 bits per heavy atom. The molecule has 0 spiro atoms. The van der Waals surface area contributed by atoms with Gasteiger partial charge in [0.1, 0.15) is 0 Å². The predicted octanol–water partition coefficient (Wildman–Crippen LogP) is 2.06. The molecule has 0 heterocycles. The van der Waals surface area contributed by atoms with Crippen molar-refractivity contribution in [3.63, 3.8) is 0 Å². The minimum absolute atomic E-state index is 0.0525. The lowest BCUT2D eigenvalue weighted by atomic mass is 9.91. The first-order valence-electron chi connectivity index (χ1n) is 6.06. The first-order valence-corrected chi connectivity index (χ1v) is 6.06. The van der Waals surface area contributed by atoms with Gasteiger partial charge in [-0.2, -0.15) is 13.2 Å². The van der Waals surface area contributed by atoms with Crippen molar-refractivity contribution in [3.8, 4) is 0 Å². The molecule has 1 amide bonds. The van der Waals surface area contributed by atoms with Gasteiger partial charge in [0.15, 0.2) is 0 Å². The van der Waals surface area contributed by atoms with Crippen LogP contribution in [-0.4, -0.2) is 42.7 Å². The Labute approximate surface area is 119 Å². The van der Waals surface area contributed by atoms with E-state index >= 15 is 0 Å². The van der Waals surface area contributed by atoms with E-state index in [1.54, 1.807) is 0 Å². The summed E-state index contributed by atoms with van der Waals surface area (Å²) in [6, 6.07) is 3.44. The SMILES string of the molecule is COC[C@@H](c1ccc(C(F)(F)F)cc1)[C@@H](CO)NC(=O)O. The van der Waals surface area contributed by atoms with Gasteiger partial charge in [-0.3, -0.25) is 0 Å². The number of alkyl halides is 3. The maximum absolute atomic E-state index is 12.5. The molecular formula is C13H16F3NO4. The van der Waals surface area contributed by atoms with E-state index in [0.29, 0.717) is 5.56 Å². The fourth-order valence-corrected chi connectivity index (χ4v) is 1.98. The number of aliphatic hydroxyl groups is 1. The predicted molar refractivity (Wildman–Crippen MR) is 68.1 cm³/mol. The number of ether oxygens (including phenoxy) is 1. The number of halogens is 3. The summed E-state index contributed by atoms with van der Waals surface area (Å²) in [5.41, 5.74) is -0.355. The van der Waals surface area contributed by atoms with E-state index in [1.165, 1.54) is 19.2 Å². The third-order valence-corrected chi connectivity index (χ3v) is 3.00. The molecule has 0 radical (unpaired) electrons. The van der Waals surface area contributed by atoms with Crippen LogP contribution >= 0.6 is 0 Å². The monoisotopic (exact) mass is 307 g/mol. The topological polar surface area (TPSA) is 78.8 Å². The normalized spacial score (nSPS) is 14.5. The van der Waals surface area contributed by atoms with Crippen molar-refractivity contribution >= 4 is 6.09 Å². The van der Waals surface area contributed by atoms with Gasteiger partial charge in [-0.25, -0.2) is 4.79 Å². The molecule has 0 aliphatic heterocycles. The smallest absolute Gasteiger partial charge is 0.416 e. The first kappa shape index (κ1) is 17.3. The zero-order chi connectivity index (χ0) is 16.0. The molecule has 1 aromatic carbocycles. The number of carbonyl (C=O) groups is 1. The highest BCUT2D eigenvalue weighted by Crippen LogP contribution is 2.30. The van der Waals surface area contributed by atoms with Crippen LogP contribution in [0.4, 0.5) is 18.0 Å². The third kappa shape index (κ3) is 4.91. The quantitative estimate of drug-likeness (QED) is 0.752. The molecule has 0 bridgehead atoms. The van der Waals surface area contributed by atoms with Crippen LogP contribution in [0.3, 0.4) is 0 Å². The Balaban J connectivity index is 3.01. The van der Waals surface area contributed by atoms with Gasteiger partial charge in [0.05, 0.1) is 24.8 Å². The van der Waals surface area contributed by atoms with E-state index in [4.69, 9.17) is 9.84 Å². The second-order valence-electron chi connectivity index (χ2n) is 4.42. The molecule has 0 fully saturated rings. The van der Waals surface area contributed by atoms with Crippen molar-refractivity contribution in [2.24, 2.45) is 0 Å². The van der Waals surface area contributed by atoms with Crippen LogP contribution in [0.15, 0.2) is 24.3 Å². The molecule has 1 aromatic rings. The molecule has 5 nitrogen and oxygen atoms in total. The standard InChI is InChI=1S/C13H16F3NO4/c1-21-7-10(11(6-18)17-12(19)20)8-2-4-9(5-3-8)13(14,15)16/h2-5,10-11,17-18H,6-7H2,1H3,(H,19,20)/t10-,11+/m0/s1. The maximum atomic E-state index is 12.5. The van der Waals surface area contributed by atoms with Crippen molar-refractivity contribution in [3.05, 3.63) is 35.4 Å². The number of rotatable bonds is 6. The number of methoxy groups -OCH3 is 1. The zero-order valence-corrected chi connectivity index (χ0v) is 11.2. The molecule has 0 aliphatic rings. The second-order valence-corrected chi connectivity index (χ2v) is 4.42. The number of benzene rings is 1. The molecule has 0 saturated heterocycles. The average molecular weight is 307 g/mol. The average Bonchev–Trinajstić information content (AvgIpc) is 2.41. The third-order valence-electron chi connectivity index (χ3n) is 3.00. The van der Waals surface area contributed by atoms with Gasteiger partial charge in [-0.05, 0) is 17.7 Å². The Hall–Kier alpha value is -1.80. The van der Waals surface area contributed by atoms with Gasteiger partial charge in [0, 0.05) is 13.0 Å². The van der Waals surface area contributed by atoms with Gasteiger partial charge in [-0.15, -0.1) is 0 Å². The van der Waals surface area contributed by atoms with Gasteiger partial charge in [0.2, 0.25) is 0 Å². The van der Waals surface area contributed by atoms with Gasteiger partial charge in [0.25, 0.3) is 0 Å². The molecule has 0 aliphatic carbocycles. The molecule has 21 heavy (non-hydrogen) atoms. The minimum Gasteiger partial charge on any atom is -0.465 e. The highest BCUT2D eigenvalue weighted by molar-refractivity contribution is 5.65. The summed E-state index contributed by atoms with van der Waals surface area (Å²) in [7, 11) is 1.38. The number of aliphatic hydroxyl groups excluding tert-OH is 1. The molecular weight excluding hydrogens is 291 g/mol. The lowest BCUT2D eigenvalue weighted by Gasteiger charge is -2.25. The minimum atomic E-state index is -4.44. The molecule has 8 heteroatoms. The highest BCUT2D eigenvalue weighted by atomic mass is 19.4. The number of amides is 1. The van der Waals surface area contributed by atoms with E-state index in [0.717, 1.165) is 12.1 Å². The van der Waals surface area contributed by atoms with E-state index in [2.05, 4.69) is 5.32 Å². The van der Waals surface area contributed by atoms with Gasteiger partial charge >= 0.3 is 12.3 Å².